The van der Waals surface area contributed by atoms with Crippen LogP contribution in [0.2, 0.25) is 0 Å². The lowest BCUT2D eigenvalue weighted by Gasteiger charge is -2.28. The Morgan fingerprint density at radius 1 is 1.23 bits per heavy atom. The Bertz CT molecular complexity index is 388. The van der Waals surface area contributed by atoms with Gasteiger partial charge in [0.05, 0.1) is 19.3 Å². The van der Waals surface area contributed by atoms with E-state index >= 15 is 0 Å². The molecule has 0 spiro atoms. The maximum atomic E-state index is 11.9. The molecule has 2 aliphatic rings. The molecule has 6 nitrogen and oxygen atoms in total. The topological polar surface area (TPSA) is 78.9 Å². The van der Waals surface area contributed by atoms with E-state index in [1.165, 1.54) is 19.3 Å². The van der Waals surface area contributed by atoms with Crippen molar-refractivity contribution in [2.75, 3.05) is 26.2 Å². The number of amides is 1. The van der Waals surface area contributed by atoms with E-state index in [0.29, 0.717) is 38.1 Å². The zero-order chi connectivity index (χ0) is 15.9. The number of aliphatic carboxylic acids is 1. The Hall–Kier alpha value is -1.14. The van der Waals surface area contributed by atoms with Gasteiger partial charge in [-0.3, -0.25) is 14.5 Å². The van der Waals surface area contributed by atoms with Crippen molar-refractivity contribution in [3.63, 3.8) is 0 Å². The summed E-state index contributed by atoms with van der Waals surface area (Å²) in [5.74, 6) is -0.348. The number of ether oxygens (including phenoxy) is 1. The maximum absolute atomic E-state index is 11.9. The van der Waals surface area contributed by atoms with Crippen LogP contribution in [0.25, 0.3) is 0 Å². The Labute approximate surface area is 132 Å². The smallest absolute Gasteiger partial charge is 0.320 e. The van der Waals surface area contributed by atoms with Crippen LogP contribution >= 0.6 is 0 Å². The highest BCUT2D eigenvalue weighted by molar-refractivity contribution is 5.80. The van der Waals surface area contributed by atoms with Crippen LogP contribution in [0.15, 0.2) is 0 Å². The second-order valence-electron chi connectivity index (χ2n) is 6.49. The van der Waals surface area contributed by atoms with Gasteiger partial charge in [0, 0.05) is 6.54 Å². The molecule has 0 radical (unpaired) electrons. The minimum Gasteiger partial charge on any atom is -0.480 e. The summed E-state index contributed by atoms with van der Waals surface area (Å²) in [5, 5.41) is 11.9. The van der Waals surface area contributed by atoms with E-state index in [1.807, 2.05) is 0 Å². The second kappa shape index (κ2) is 8.48. The van der Waals surface area contributed by atoms with Crippen LogP contribution in [0.1, 0.15) is 45.4 Å². The molecule has 2 fully saturated rings. The monoisotopic (exact) mass is 312 g/mol. The summed E-state index contributed by atoms with van der Waals surface area (Å²) in [4.78, 5) is 24.7. The highest BCUT2D eigenvalue weighted by atomic mass is 16.5. The zero-order valence-corrected chi connectivity index (χ0v) is 13.4. The summed E-state index contributed by atoms with van der Waals surface area (Å²) < 4.78 is 5.85. The summed E-state index contributed by atoms with van der Waals surface area (Å²) in [6, 6.07) is -0.509. The predicted molar refractivity (Wildman–Crippen MR) is 82.6 cm³/mol. The zero-order valence-electron chi connectivity index (χ0n) is 13.4. The minimum absolute atomic E-state index is 0.117. The van der Waals surface area contributed by atoms with Gasteiger partial charge in [-0.15, -0.1) is 0 Å². The van der Waals surface area contributed by atoms with Gasteiger partial charge in [-0.1, -0.05) is 19.8 Å². The van der Waals surface area contributed by atoms with Crippen LogP contribution in [0.3, 0.4) is 0 Å². The molecule has 0 bridgehead atoms. The van der Waals surface area contributed by atoms with Crippen molar-refractivity contribution in [3.05, 3.63) is 0 Å². The number of carbonyl (C=O) groups is 2. The van der Waals surface area contributed by atoms with Crippen molar-refractivity contribution in [1.82, 2.24) is 10.2 Å². The average Bonchev–Trinajstić information content (AvgIpc) is 2.93. The van der Waals surface area contributed by atoms with Gasteiger partial charge < -0.3 is 15.2 Å². The molecule has 126 valence electrons. The summed E-state index contributed by atoms with van der Waals surface area (Å²) >= 11 is 0. The molecule has 1 aliphatic heterocycles. The van der Waals surface area contributed by atoms with E-state index < -0.39 is 12.0 Å². The average molecular weight is 312 g/mol. The third-order valence-corrected chi connectivity index (χ3v) is 4.78. The van der Waals surface area contributed by atoms with Gasteiger partial charge in [0.2, 0.25) is 5.91 Å². The number of rotatable bonds is 7. The summed E-state index contributed by atoms with van der Waals surface area (Å²) in [5.41, 5.74) is 0. The van der Waals surface area contributed by atoms with Crippen LogP contribution in [-0.4, -0.2) is 60.3 Å². The summed E-state index contributed by atoms with van der Waals surface area (Å²) in [6.07, 6.45) is 6.65. The number of hydrogen-bond acceptors (Lipinski definition) is 4. The molecule has 22 heavy (non-hydrogen) atoms. The molecule has 0 unspecified atom stereocenters. The van der Waals surface area contributed by atoms with Crippen molar-refractivity contribution in [1.29, 1.82) is 0 Å². The van der Waals surface area contributed by atoms with Gasteiger partial charge in [-0.25, -0.2) is 0 Å². The highest BCUT2D eigenvalue weighted by Gasteiger charge is 2.31. The van der Waals surface area contributed by atoms with Gasteiger partial charge in [0.25, 0.3) is 0 Å². The molecule has 1 saturated heterocycles. The van der Waals surface area contributed by atoms with Gasteiger partial charge in [-0.2, -0.15) is 0 Å². The molecule has 1 amide bonds. The van der Waals surface area contributed by atoms with E-state index in [0.717, 1.165) is 12.8 Å². The first kappa shape index (κ1) is 17.2. The van der Waals surface area contributed by atoms with Gasteiger partial charge in [-0.05, 0) is 38.1 Å². The van der Waals surface area contributed by atoms with Crippen LogP contribution in [0.5, 0.6) is 0 Å². The van der Waals surface area contributed by atoms with E-state index in [9.17, 15) is 9.59 Å². The first-order valence-electron chi connectivity index (χ1n) is 8.43. The molecule has 0 aromatic rings. The summed E-state index contributed by atoms with van der Waals surface area (Å²) in [7, 11) is 0. The highest BCUT2D eigenvalue weighted by Crippen LogP contribution is 2.25. The van der Waals surface area contributed by atoms with Crippen LogP contribution in [0, 0.1) is 5.92 Å². The number of hydrogen-bond donors (Lipinski definition) is 2. The lowest BCUT2D eigenvalue weighted by atomic mass is 9.88. The van der Waals surface area contributed by atoms with Crippen LogP contribution in [-0.2, 0) is 14.3 Å². The molecule has 2 N–H and O–H groups in total. The molecule has 3 atom stereocenters. The number of carbonyl (C=O) groups excluding carboxylic acids is 1. The molecular formula is C16H28N2O4. The molecular weight excluding hydrogens is 284 g/mol. The van der Waals surface area contributed by atoms with E-state index in [-0.39, 0.29) is 12.5 Å². The van der Waals surface area contributed by atoms with Gasteiger partial charge in [0.1, 0.15) is 6.04 Å². The Morgan fingerprint density at radius 2 is 2.00 bits per heavy atom. The molecule has 0 aromatic heterocycles. The third-order valence-electron chi connectivity index (χ3n) is 4.78. The Morgan fingerprint density at radius 3 is 2.73 bits per heavy atom. The maximum Gasteiger partial charge on any atom is 0.320 e. The number of carboxylic acids is 1. The molecule has 1 heterocycles. The molecule has 1 aliphatic carbocycles. The summed E-state index contributed by atoms with van der Waals surface area (Å²) in [6.45, 7) is 4.09. The third kappa shape index (κ3) is 4.95. The molecule has 6 heteroatoms. The molecule has 2 rings (SSSR count). The number of likely N-dealkylation sites (tertiary alicyclic amines) is 1. The first-order valence-corrected chi connectivity index (χ1v) is 8.43. The van der Waals surface area contributed by atoms with Crippen molar-refractivity contribution >= 4 is 11.9 Å². The first-order chi connectivity index (χ1) is 10.6. The molecule has 0 aromatic carbocycles. The van der Waals surface area contributed by atoms with E-state index in [4.69, 9.17) is 9.84 Å². The Kier molecular flexibility index (Phi) is 6.64. The normalized spacial score (nSPS) is 29.4. The van der Waals surface area contributed by atoms with Crippen LogP contribution in [0.4, 0.5) is 0 Å². The Balaban J connectivity index is 1.60. The number of carboxylic acid groups (broad SMARTS) is 1. The van der Waals surface area contributed by atoms with Crippen molar-refractivity contribution < 1.29 is 19.4 Å². The second-order valence-corrected chi connectivity index (χ2v) is 6.49. The fraction of sp³-hybridized carbons (Fsp3) is 0.875. The number of nitrogens with one attached hydrogen (secondary N) is 1. The number of nitrogens with zero attached hydrogens (tertiary/aromatic N) is 1. The van der Waals surface area contributed by atoms with Crippen molar-refractivity contribution in [3.8, 4) is 0 Å². The minimum atomic E-state index is -0.833. The fourth-order valence-electron chi connectivity index (χ4n) is 3.47. The van der Waals surface area contributed by atoms with Crippen molar-refractivity contribution in [2.24, 2.45) is 5.92 Å². The lowest BCUT2D eigenvalue weighted by molar-refractivity contribution is -0.142. The van der Waals surface area contributed by atoms with Crippen molar-refractivity contribution in [2.45, 2.75) is 57.6 Å². The van der Waals surface area contributed by atoms with E-state index in [1.54, 1.807) is 4.90 Å². The van der Waals surface area contributed by atoms with E-state index in [2.05, 4.69) is 12.2 Å². The largest absolute Gasteiger partial charge is 0.480 e. The lowest BCUT2D eigenvalue weighted by Crippen LogP contribution is -2.43. The van der Waals surface area contributed by atoms with Gasteiger partial charge in [0.15, 0.2) is 0 Å². The fourth-order valence-corrected chi connectivity index (χ4v) is 3.47. The SMILES string of the molecule is C[C@@H]1CCCC[C@H]1OCCNC(=O)CN1CCC[C@H]1C(=O)O. The van der Waals surface area contributed by atoms with Crippen LogP contribution < -0.4 is 5.32 Å². The predicted octanol–water partition coefficient (Wildman–Crippen LogP) is 1.25. The molecule has 1 saturated carbocycles. The van der Waals surface area contributed by atoms with Gasteiger partial charge >= 0.3 is 5.97 Å². The quantitative estimate of drug-likeness (QED) is 0.692. The standard InChI is InChI=1S/C16H28N2O4/c1-12-5-2-3-7-14(12)22-10-8-17-15(19)11-18-9-4-6-13(18)16(20)21/h12-14H,2-11H2,1H3,(H,17,19)(H,20,21)/t12-,13+,14-/m1/s1.